The van der Waals surface area contributed by atoms with Gasteiger partial charge in [-0.2, -0.15) is 0 Å². The first-order valence-corrected chi connectivity index (χ1v) is 11.5. The number of carbonyl (C=O) groups excluding carboxylic acids is 3. The Bertz CT molecular complexity index is 938. The van der Waals surface area contributed by atoms with Gasteiger partial charge in [-0.15, -0.1) is 13.2 Å². The van der Waals surface area contributed by atoms with Gasteiger partial charge in [0, 0.05) is 56.6 Å². The van der Waals surface area contributed by atoms with Crippen molar-refractivity contribution in [1.82, 2.24) is 15.1 Å². The molecule has 2 atom stereocenters. The maximum Gasteiger partial charge on any atom is 0.573 e. The second kappa shape index (κ2) is 11.1. The highest BCUT2D eigenvalue weighted by molar-refractivity contribution is 5.77. The molecule has 1 aliphatic carbocycles. The van der Waals surface area contributed by atoms with Crippen LogP contribution in [0.2, 0.25) is 0 Å². The highest BCUT2D eigenvalue weighted by atomic mass is 19.4. The minimum absolute atomic E-state index is 0.00258. The number of urea groups is 1. The highest BCUT2D eigenvalue weighted by Gasteiger charge is 2.42. The van der Waals surface area contributed by atoms with Crippen LogP contribution < -0.4 is 10.1 Å². The van der Waals surface area contributed by atoms with Crippen LogP contribution in [0.1, 0.15) is 45.1 Å². The van der Waals surface area contributed by atoms with Crippen LogP contribution in [0.25, 0.3) is 0 Å². The molecule has 0 radical (unpaired) electrons. The predicted molar refractivity (Wildman–Crippen MR) is 116 cm³/mol. The van der Waals surface area contributed by atoms with Gasteiger partial charge in [0.2, 0.25) is 5.91 Å². The summed E-state index contributed by atoms with van der Waals surface area (Å²) in [4.78, 5) is 40.1. The number of halogens is 4. The zero-order chi connectivity index (χ0) is 25.8. The molecule has 0 unspecified atom stereocenters. The lowest BCUT2D eigenvalue weighted by Crippen LogP contribution is -2.57. The molecule has 1 saturated heterocycles. The number of hydrogen-bond donors (Lipinski definition) is 1. The van der Waals surface area contributed by atoms with Crippen molar-refractivity contribution in [1.29, 1.82) is 0 Å². The average Bonchev–Trinajstić information content (AvgIpc) is 3.60. The number of rotatable bonds is 8. The van der Waals surface area contributed by atoms with Crippen LogP contribution in [0.5, 0.6) is 5.75 Å². The van der Waals surface area contributed by atoms with Crippen LogP contribution in [-0.2, 0) is 20.9 Å². The lowest BCUT2D eigenvalue weighted by molar-refractivity contribution is -0.274. The monoisotopic (exact) mass is 503 g/mol. The molecular formula is C23H29F4N3O5. The van der Waals surface area contributed by atoms with Gasteiger partial charge < -0.3 is 24.6 Å². The van der Waals surface area contributed by atoms with E-state index in [1.54, 1.807) is 16.7 Å². The fourth-order valence-corrected chi connectivity index (χ4v) is 4.27. The summed E-state index contributed by atoms with van der Waals surface area (Å²) in [6.07, 6.45) is -2.53. The van der Waals surface area contributed by atoms with Crippen LogP contribution in [-0.4, -0.2) is 65.8 Å². The van der Waals surface area contributed by atoms with Crippen molar-refractivity contribution in [3.63, 3.8) is 0 Å². The lowest BCUT2D eigenvalue weighted by atomic mass is 9.93. The third-order valence-corrected chi connectivity index (χ3v) is 5.95. The Hall–Kier alpha value is -3.05. The van der Waals surface area contributed by atoms with Crippen molar-refractivity contribution >= 4 is 17.9 Å². The summed E-state index contributed by atoms with van der Waals surface area (Å²) in [6, 6.07) is 1.91. The molecule has 194 valence electrons. The van der Waals surface area contributed by atoms with Gasteiger partial charge in [-0.25, -0.2) is 9.18 Å². The number of piperidine rings is 1. The SMILES string of the molecule is CCC(=O)N1C[C@@H](COC(C)=O)C[C@@H](N(C(=O)NCc2ccc(OC(F)(F)F)cc2F)C2CC2)C1. The Labute approximate surface area is 200 Å². The molecule has 35 heavy (non-hydrogen) atoms. The van der Waals surface area contributed by atoms with Gasteiger partial charge in [0.15, 0.2) is 0 Å². The highest BCUT2D eigenvalue weighted by Crippen LogP contribution is 2.33. The zero-order valence-electron chi connectivity index (χ0n) is 19.6. The van der Waals surface area contributed by atoms with Gasteiger partial charge in [0.05, 0.1) is 12.6 Å². The van der Waals surface area contributed by atoms with Crippen molar-refractivity contribution < 1.29 is 41.4 Å². The van der Waals surface area contributed by atoms with E-state index in [1.165, 1.54) is 6.92 Å². The topological polar surface area (TPSA) is 88.2 Å². The van der Waals surface area contributed by atoms with Gasteiger partial charge in [0.1, 0.15) is 11.6 Å². The second-order valence-corrected chi connectivity index (χ2v) is 8.81. The lowest BCUT2D eigenvalue weighted by Gasteiger charge is -2.42. The first-order valence-electron chi connectivity index (χ1n) is 11.5. The Morgan fingerprint density at radius 3 is 2.46 bits per heavy atom. The summed E-state index contributed by atoms with van der Waals surface area (Å²) in [7, 11) is 0. The number of benzene rings is 1. The maximum atomic E-state index is 14.3. The van der Waals surface area contributed by atoms with Gasteiger partial charge in [-0.3, -0.25) is 9.59 Å². The summed E-state index contributed by atoms with van der Waals surface area (Å²) in [5.74, 6) is -2.26. The summed E-state index contributed by atoms with van der Waals surface area (Å²) in [6.45, 7) is 3.72. The molecular weight excluding hydrogens is 474 g/mol. The Balaban J connectivity index is 1.68. The van der Waals surface area contributed by atoms with Crippen LogP contribution in [0.3, 0.4) is 0 Å². The van der Waals surface area contributed by atoms with E-state index in [0.29, 0.717) is 32.0 Å². The third-order valence-electron chi connectivity index (χ3n) is 5.95. The van der Waals surface area contributed by atoms with E-state index in [0.717, 1.165) is 25.0 Å². The molecule has 12 heteroatoms. The van der Waals surface area contributed by atoms with Crippen LogP contribution in [0.15, 0.2) is 18.2 Å². The first-order chi connectivity index (χ1) is 16.5. The molecule has 8 nitrogen and oxygen atoms in total. The average molecular weight is 503 g/mol. The normalized spacial score (nSPS) is 20.2. The second-order valence-electron chi connectivity index (χ2n) is 8.81. The van der Waals surface area contributed by atoms with Gasteiger partial charge in [-0.05, 0) is 25.3 Å². The number of ether oxygens (including phenoxy) is 2. The quantitative estimate of drug-likeness (QED) is 0.433. The van der Waals surface area contributed by atoms with E-state index in [9.17, 15) is 31.9 Å². The molecule has 0 bridgehead atoms. The molecule has 1 aliphatic heterocycles. The van der Waals surface area contributed by atoms with E-state index in [2.05, 4.69) is 10.1 Å². The molecule has 3 rings (SSSR count). The number of alkyl halides is 3. The fraction of sp³-hybridized carbons (Fsp3) is 0.609. The standard InChI is InChI=1S/C23H29F4N3O5/c1-3-21(32)29-11-15(13-34-14(2)31)8-18(12-29)30(17-5-6-17)22(33)28-10-16-4-7-19(9-20(16)24)35-23(25,26)27/h4,7,9,15,17-18H,3,5-6,8,10-13H2,1-2H3,(H,28,33)/t15-,18+/m0/s1. The molecule has 1 saturated carbocycles. The number of carbonyl (C=O) groups is 3. The zero-order valence-corrected chi connectivity index (χ0v) is 19.6. The molecule has 2 fully saturated rings. The van der Waals surface area contributed by atoms with Crippen molar-refractivity contribution in [2.45, 2.75) is 64.5 Å². The molecule has 3 amide bonds. The fourth-order valence-electron chi connectivity index (χ4n) is 4.27. The molecule has 1 N–H and O–H groups in total. The van der Waals surface area contributed by atoms with E-state index in [1.807, 2.05) is 0 Å². The Morgan fingerprint density at radius 2 is 1.89 bits per heavy atom. The first kappa shape index (κ1) is 26.6. The van der Waals surface area contributed by atoms with Crippen LogP contribution >= 0.6 is 0 Å². The summed E-state index contributed by atoms with van der Waals surface area (Å²) in [5, 5.41) is 2.64. The molecule has 0 spiro atoms. The van der Waals surface area contributed by atoms with Crippen molar-refractivity contribution in [3.8, 4) is 5.75 Å². The Morgan fingerprint density at radius 1 is 1.17 bits per heavy atom. The van der Waals surface area contributed by atoms with Gasteiger partial charge in [-0.1, -0.05) is 13.0 Å². The number of likely N-dealkylation sites (tertiary alicyclic amines) is 1. The van der Waals surface area contributed by atoms with Gasteiger partial charge in [0.25, 0.3) is 0 Å². The number of amides is 3. The number of nitrogens with one attached hydrogen (secondary N) is 1. The smallest absolute Gasteiger partial charge is 0.466 e. The van der Waals surface area contributed by atoms with E-state index >= 15 is 0 Å². The minimum atomic E-state index is -4.94. The number of esters is 1. The van der Waals surface area contributed by atoms with E-state index < -0.39 is 29.9 Å². The van der Waals surface area contributed by atoms with Crippen molar-refractivity contribution in [2.24, 2.45) is 5.92 Å². The maximum absolute atomic E-state index is 14.3. The summed E-state index contributed by atoms with van der Waals surface area (Å²) in [5.41, 5.74) is 0.00258. The molecule has 1 heterocycles. The summed E-state index contributed by atoms with van der Waals surface area (Å²) < 4.78 is 60.1. The number of nitrogens with zero attached hydrogens (tertiary/aromatic N) is 2. The molecule has 1 aromatic carbocycles. The number of hydrogen-bond acceptors (Lipinski definition) is 5. The van der Waals surface area contributed by atoms with Crippen molar-refractivity contribution in [3.05, 3.63) is 29.6 Å². The Kier molecular flexibility index (Phi) is 8.44. The van der Waals surface area contributed by atoms with Crippen LogP contribution in [0.4, 0.5) is 22.4 Å². The third kappa shape index (κ3) is 7.72. The van der Waals surface area contributed by atoms with E-state index in [-0.39, 0.29) is 42.6 Å². The van der Waals surface area contributed by atoms with Crippen LogP contribution in [0, 0.1) is 11.7 Å². The van der Waals surface area contributed by atoms with Crippen molar-refractivity contribution in [2.75, 3.05) is 19.7 Å². The van der Waals surface area contributed by atoms with E-state index in [4.69, 9.17) is 4.74 Å². The summed E-state index contributed by atoms with van der Waals surface area (Å²) >= 11 is 0. The molecule has 2 aliphatic rings. The largest absolute Gasteiger partial charge is 0.573 e. The minimum Gasteiger partial charge on any atom is -0.466 e. The molecule has 0 aromatic heterocycles. The molecule has 1 aromatic rings. The predicted octanol–water partition coefficient (Wildman–Crippen LogP) is 3.59. The van der Waals surface area contributed by atoms with Gasteiger partial charge >= 0.3 is 18.4 Å².